The van der Waals surface area contributed by atoms with E-state index in [0.29, 0.717) is 6.42 Å². The minimum absolute atomic E-state index is 0.469. The Morgan fingerprint density at radius 2 is 2.24 bits per heavy atom. The Hall–Kier alpha value is -1.94. The highest BCUT2D eigenvalue weighted by molar-refractivity contribution is 5.82. The molecule has 0 bridgehead atoms. The van der Waals surface area contributed by atoms with Gasteiger partial charge in [-0.15, -0.1) is 0 Å². The average Bonchev–Trinajstić information content (AvgIpc) is 2.35. The van der Waals surface area contributed by atoms with Gasteiger partial charge in [0, 0.05) is 17.8 Å². The summed E-state index contributed by atoms with van der Waals surface area (Å²) >= 11 is 0. The Morgan fingerprint density at radius 1 is 1.41 bits per heavy atom. The summed E-state index contributed by atoms with van der Waals surface area (Å²) in [6, 6.07) is 7.31. The maximum Gasteiger partial charge on any atom is 0.321 e. The van der Waals surface area contributed by atoms with E-state index in [-0.39, 0.29) is 0 Å². The summed E-state index contributed by atoms with van der Waals surface area (Å²) in [5.74, 6) is -0.834. The first kappa shape index (κ1) is 11.5. The summed E-state index contributed by atoms with van der Waals surface area (Å²) in [6.45, 7) is 0. The van der Waals surface area contributed by atoms with Gasteiger partial charge in [0.25, 0.3) is 0 Å². The number of nitrogens with zero attached hydrogens (tertiary/aromatic N) is 1. The van der Waals surface area contributed by atoms with Gasteiger partial charge in [0.1, 0.15) is 6.04 Å². The maximum absolute atomic E-state index is 10.9. The van der Waals surface area contributed by atoms with Crippen LogP contribution in [0.25, 0.3) is 10.8 Å². The fourth-order valence-corrected chi connectivity index (χ4v) is 1.81. The molecular weight excluding hydrogens is 216 g/mol. The third-order valence-corrected chi connectivity index (χ3v) is 2.79. The molecule has 0 aliphatic heterocycles. The highest BCUT2D eigenvalue weighted by atomic mass is 16.4. The second-order valence-corrected chi connectivity index (χ2v) is 3.94. The van der Waals surface area contributed by atoms with Crippen molar-refractivity contribution in [2.45, 2.75) is 12.5 Å². The number of nitrogens with one attached hydrogen (secondary N) is 1. The molecule has 4 nitrogen and oxygen atoms in total. The lowest BCUT2D eigenvalue weighted by Gasteiger charge is -2.11. The number of aliphatic carboxylic acids is 1. The fourth-order valence-electron chi connectivity index (χ4n) is 1.81. The van der Waals surface area contributed by atoms with E-state index in [9.17, 15) is 4.79 Å². The normalized spacial score (nSPS) is 12.5. The lowest BCUT2D eigenvalue weighted by molar-refractivity contribution is -0.139. The van der Waals surface area contributed by atoms with Crippen molar-refractivity contribution in [3.05, 3.63) is 42.2 Å². The molecule has 1 aromatic heterocycles. The average molecular weight is 230 g/mol. The van der Waals surface area contributed by atoms with E-state index >= 15 is 0 Å². The summed E-state index contributed by atoms with van der Waals surface area (Å²) in [7, 11) is 1.65. The van der Waals surface area contributed by atoms with Gasteiger partial charge >= 0.3 is 5.97 Å². The molecule has 4 heteroatoms. The molecule has 2 N–H and O–H groups in total. The van der Waals surface area contributed by atoms with E-state index in [1.807, 2.05) is 24.3 Å². The fraction of sp³-hybridized carbons (Fsp3) is 0.231. The Balaban J connectivity index is 2.27. The van der Waals surface area contributed by atoms with Crippen LogP contribution in [0.2, 0.25) is 0 Å². The van der Waals surface area contributed by atoms with E-state index < -0.39 is 12.0 Å². The molecule has 0 spiro atoms. The van der Waals surface area contributed by atoms with Crippen LogP contribution in [0.4, 0.5) is 0 Å². The van der Waals surface area contributed by atoms with Crippen molar-refractivity contribution in [3.8, 4) is 0 Å². The number of hydrogen-bond donors (Lipinski definition) is 2. The van der Waals surface area contributed by atoms with Crippen molar-refractivity contribution in [1.82, 2.24) is 10.3 Å². The molecule has 0 aliphatic rings. The number of benzene rings is 1. The molecule has 0 amide bonds. The van der Waals surface area contributed by atoms with Gasteiger partial charge in [0.15, 0.2) is 0 Å². The van der Waals surface area contributed by atoms with Crippen LogP contribution < -0.4 is 5.32 Å². The van der Waals surface area contributed by atoms with Crippen LogP contribution in [0.1, 0.15) is 5.56 Å². The number of likely N-dealkylation sites (N-methyl/N-ethyl adjacent to an activating group) is 1. The molecule has 0 unspecified atom stereocenters. The summed E-state index contributed by atoms with van der Waals surface area (Å²) in [6.07, 6.45) is 4.00. The molecule has 0 aliphatic carbocycles. The molecule has 1 heterocycles. The molecule has 0 saturated carbocycles. The predicted molar refractivity (Wildman–Crippen MR) is 65.9 cm³/mol. The zero-order valence-corrected chi connectivity index (χ0v) is 9.55. The summed E-state index contributed by atoms with van der Waals surface area (Å²) < 4.78 is 0. The molecule has 88 valence electrons. The van der Waals surface area contributed by atoms with Gasteiger partial charge < -0.3 is 10.4 Å². The lowest BCUT2D eigenvalue weighted by Crippen LogP contribution is -2.35. The highest BCUT2D eigenvalue weighted by Gasteiger charge is 2.15. The van der Waals surface area contributed by atoms with E-state index in [4.69, 9.17) is 5.11 Å². The number of pyridine rings is 1. The van der Waals surface area contributed by atoms with Gasteiger partial charge in [0.05, 0.1) is 0 Å². The number of carbonyl (C=O) groups is 1. The van der Waals surface area contributed by atoms with Gasteiger partial charge in [-0.1, -0.05) is 12.1 Å². The number of fused-ring (bicyclic) bond motifs is 1. The Bertz CT molecular complexity index is 540. The first-order chi connectivity index (χ1) is 8.20. The largest absolute Gasteiger partial charge is 0.480 e. The van der Waals surface area contributed by atoms with Crippen LogP contribution in [-0.2, 0) is 11.2 Å². The molecule has 1 atom stereocenters. The Kier molecular flexibility index (Phi) is 3.35. The third-order valence-electron chi connectivity index (χ3n) is 2.79. The van der Waals surface area contributed by atoms with E-state index in [1.54, 1.807) is 19.4 Å². The second kappa shape index (κ2) is 4.93. The van der Waals surface area contributed by atoms with Gasteiger partial charge in [-0.2, -0.15) is 0 Å². The standard InChI is InChI=1S/C13H14N2O2/c1-14-12(13(16)17)7-9-2-3-10-4-5-15-8-11(10)6-9/h2-6,8,12,14H,7H2,1H3,(H,16,17)/t12-/m1/s1. The number of aromatic nitrogens is 1. The number of carboxylic acids is 1. The van der Waals surface area contributed by atoms with Crippen LogP contribution in [0.3, 0.4) is 0 Å². The molecule has 17 heavy (non-hydrogen) atoms. The molecule has 0 radical (unpaired) electrons. The smallest absolute Gasteiger partial charge is 0.321 e. The van der Waals surface area contributed by atoms with Crippen molar-refractivity contribution < 1.29 is 9.90 Å². The van der Waals surface area contributed by atoms with Crippen molar-refractivity contribution in [2.24, 2.45) is 0 Å². The molecule has 2 rings (SSSR count). The van der Waals surface area contributed by atoms with Crippen LogP contribution in [0.15, 0.2) is 36.7 Å². The topological polar surface area (TPSA) is 62.2 Å². The number of hydrogen-bond acceptors (Lipinski definition) is 3. The first-order valence-electron chi connectivity index (χ1n) is 5.43. The molecule has 2 aromatic rings. The first-order valence-corrected chi connectivity index (χ1v) is 5.43. The molecule has 1 aromatic carbocycles. The Labute approximate surface area is 99.3 Å². The Morgan fingerprint density at radius 3 is 2.94 bits per heavy atom. The maximum atomic E-state index is 10.9. The lowest BCUT2D eigenvalue weighted by atomic mass is 10.0. The van der Waals surface area contributed by atoms with Crippen molar-refractivity contribution in [3.63, 3.8) is 0 Å². The SMILES string of the molecule is CN[C@H](Cc1ccc2ccncc2c1)C(=O)O. The summed E-state index contributed by atoms with van der Waals surface area (Å²) in [5.41, 5.74) is 0.993. The summed E-state index contributed by atoms with van der Waals surface area (Å²) in [4.78, 5) is 15.0. The van der Waals surface area contributed by atoms with Crippen LogP contribution in [0, 0.1) is 0 Å². The second-order valence-electron chi connectivity index (χ2n) is 3.94. The zero-order chi connectivity index (χ0) is 12.3. The van der Waals surface area contributed by atoms with Gasteiger partial charge in [0.2, 0.25) is 0 Å². The number of rotatable bonds is 4. The minimum Gasteiger partial charge on any atom is -0.480 e. The molecule has 0 saturated heterocycles. The predicted octanol–water partition coefficient (Wildman–Crippen LogP) is 1.45. The molecule has 0 fully saturated rings. The minimum atomic E-state index is -0.834. The van der Waals surface area contributed by atoms with E-state index in [1.165, 1.54) is 0 Å². The van der Waals surface area contributed by atoms with Crippen LogP contribution in [-0.4, -0.2) is 29.1 Å². The highest BCUT2D eigenvalue weighted by Crippen LogP contribution is 2.15. The van der Waals surface area contributed by atoms with Crippen molar-refractivity contribution in [2.75, 3.05) is 7.05 Å². The van der Waals surface area contributed by atoms with Crippen LogP contribution >= 0.6 is 0 Å². The van der Waals surface area contributed by atoms with Gasteiger partial charge in [-0.05, 0) is 36.6 Å². The van der Waals surface area contributed by atoms with Crippen LogP contribution in [0.5, 0.6) is 0 Å². The number of carboxylic acid groups (broad SMARTS) is 1. The third kappa shape index (κ3) is 2.60. The van der Waals surface area contributed by atoms with E-state index in [0.717, 1.165) is 16.3 Å². The van der Waals surface area contributed by atoms with E-state index in [2.05, 4.69) is 10.3 Å². The van der Waals surface area contributed by atoms with Crippen molar-refractivity contribution >= 4 is 16.7 Å². The van der Waals surface area contributed by atoms with Gasteiger partial charge in [-0.3, -0.25) is 9.78 Å². The zero-order valence-electron chi connectivity index (χ0n) is 9.55. The molecular formula is C13H14N2O2. The van der Waals surface area contributed by atoms with Crippen molar-refractivity contribution in [1.29, 1.82) is 0 Å². The monoisotopic (exact) mass is 230 g/mol. The quantitative estimate of drug-likeness (QED) is 0.834. The van der Waals surface area contributed by atoms with Gasteiger partial charge in [-0.25, -0.2) is 0 Å². The summed E-state index contributed by atoms with van der Waals surface area (Å²) in [5, 5.41) is 13.9.